The van der Waals surface area contributed by atoms with Crippen LogP contribution >= 0.6 is 0 Å². The number of hydrogen-bond donors (Lipinski definition) is 3. The molecule has 0 radical (unpaired) electrons. The standard InChI is InChI=1S/C28H31F3N4O4/c29-28(30,31)39-23-12-10-22(11-13-23)33-14-15-34-27(37)24(16-19-4-2-1-3-5-19)35-26(36)21-8-6-20(7-9-21)25-17-32-18-38-25/h6-13,17-19,24,33H,1-5,14-16H2,(H,34,37)(H,35,36). The Morgan fingerprint density at radius 1 is 1.00 bits per heavy atom. The van der Waals surface area contributed by atoms with Gasteiger partial charge < -0.3 is 25.1 Å². The predicted octanol–water partition coefficient (Wildman–Crippen LogP) is 5.54. The molecule has 3 aromatic rings. The van der Waals surface area contributed by atoms with Gasteiger partial charge in [0.05, 0.1) is 6.20 Å². The number of carbonyl (C=O) groups is 2. The number of nitrogens with one attached hydrogen (secondary N) is 3. The van der Waals surface area contributed by atoms with Gasteiger partial charge in [-0.1, -0.05) is 44.2 Å². The number of oxazole rings is 1. The van der Waals surface area contributed by atoms with Gasteiger partial charge in [0.25, 0.3) is 5.91 Å². The average Bonchev–Trinajstić information content (AvgIpc) is 3.46. The van der Waals surface area contributed by atoms with E-state index in [9.17, 15) is 22.8 Å². The maximum absolute atomic E-state index is 13.1. The third kappa shape index (κ3) is 8.76. The molecule has 1 fully saturated rings. The summed E-state index contributed by atoms with van der Waals surface area (Å²) in [4.78, 5) is 30.0. The molecule has 1 atom stereocenters. The molecule has 4 rings (SSSR count). The summed E-state index contributed by atoms with van der Waals surface area (Å²) >= 11 is 0. The highest BCUT2D eigenvalue weighted by Gasteiger charge is 2.31. The van der Waals surface area contributed by atoms with Crippen LogP contribution < -0.4 is 20.7 Å². The molecular weight excluding hydrogens is 513 g/mol. The molecule has 0 aliphatic heterocycles. The van der Waals surface area contributed by atoms with Crippen molar-refractivity contribution in [3.63, 3.8) is 0 Å². The van der Waals surface area contributed by atoms with Crippen molar-refractivity contribution in [1.29, 1.82) is 0 Å². The van der Waals surface area contributed by atoms with Crippen LogP contribution in [0, 0.1) is 5.92 Å². The molecule has 1 saturated carbocycles. The first-order chi connectivity index (χ1) is 18.8. The summed E-state index contributed by atoms with van der Waals surface area (Å²) in [6.07, 6.45) is 4.22. The minimum atomic E-state index is -4.75. The second-order valence-electron chi connectivity index (χ2n) is 9.50. The molecule has 1 aromatic heterocycles. The predicted molar refractivity (Wildman–Crippen MR) is 139 cm³/mol. The number of aromatic nitrogens is 1. The van der Waals surface area contributed by atoms with Crippen molar-refractivity contribution < 1.29 is 31.9 Å². The number of nitrogens with zero attached hydrogens (tertiary/aromatic N) is 1. The van der Waals surface area contributed by atoms with E-state index in [0.29, 0.717) is 35.9 Å². The number of rotatable bonds is 11. The molecule has 2 amide bonds. The van der Waals surface area contributed by atoms with Crippen molar-refractivity contribution in [2.45, 2.75) is 50.9 Å². The number of carbonyl (C=O) groups excluding carboxylic acids is 2. The lowest BCUT2D eigenvalue weighted by molar-refractivity contribution is -0.274. The van der Waals surface area contributed by atoms with E-state index in [1.54, 1.807) is 30.5 Å². The second kappa shape index (κ2) is 13.2. The fraction of sp³-hybridized carbons (Fsp3) is 0.393. The first-order valence-corrected chi connectivity index (χ1v) is 12.9. The van der Waals surface area contributed by atoms with Crippen LogP contribution in [-0.4, -0.2) is 42.3 Å². The zero-order chi connectivity index (χ0) is 27.7. The summed E-state index contributed by atoms with van der Waals surface area (Å²) in [6.45, 7) is 0.612. The van der Waals surface area contributed by atoms with Gasteiger partial charge in [-0.15, -0.1) is 13.2 Å². The van der Waals surface area contributed by atoms with Crippen molar-refractivity contribution in [3.05, 3.63) is 66.7 Å². The third-order valence-electron chi connectivity index (χ3n) is 6.62. The van der Waals surface area contributed by atoms with Crippen molar-refractivity contribution in [2.75, 3.05) is 18.4 Å². The van der Waals surface area contributed by atoms with Gasteiger partial charge in [-0.05, 0) is 48.7 Å². The average molecular weight is 545 g/mol. The van der Waals surface area contributed by atoms with Crippen LogP contribution in [0.4, 0.5) is 18.9 Å². The first-order valence-electron chi connectivity index (χ1n) is 12.9. The SMILES string of the molecule is O=C(NC(CC1CCCCC1)C(=O)NCCNc1ccc(OC(F)(F)F)cc1)c1ccc(-c2cnco2)cc1. The second-order valence-corrected chi connectivity index (χ2v) is 9.50. The largest absolute Gasteiger partial charge is 0.573 e. The zero-order valence-electron chi connectivity index (χ0n) is 21.3. The van der Waals surface area contributed by atoms with Crippen molar-refractivity contribution in [3.8, 4) is 17.1 Å². The summed E-state index contributed by atoms with van der Waals surface area (Å²) in [5, 5.41) is 8.81. The van der Waals surface area contributed by atoms with Crippen LogP contribution in [0.2, 0.25) is 0 Å². The van der Waals surface area contributed by atoms with E-state index in [4.69, 9.17) is 4.42 Å². The van der Waals surface area contributed by atoms with Gasteiger partial charge in [-0.3, -0.25) is 9.59 Å². The Hall–Kier alpha value is -4.02. The molecule has 1 aliphatic rings. The van der Waals surface area contributed by atoms with E-state index < -0.39 is 12.4 Å². The smallest absolute Gasteiger partial charge is 0.444 e. The van der Waals surface area contributed by atoms with Gasteiger partial charge >= 0.3 is 6.36 Å². The van der Waals surface area contributed by atoms with Gasteiger partial charge in [0, 0.05) is 29.9 Å². The molecule has 39 heavy (non-hydrogen) atoms. The molecule has 8 nitrogen and oxygen atoms in total. The van der Waals surface area contributed by atoms with Crippen LogP contribution in [-0.2, 0) is 4.79 Å². The quantitative estimate of drug-likeness (QED) is 0.274. The number of alkyl halides is 3. The Balaban J connectivity index is 1.30. The maximum atomic E-state index is 13.1. The summed E-state index contributed by atoms with van der Waals surface area (Å²) in [5.41, 5.74) is 1.80. The topological polar surface area (TPSA) is 105 Å². The van der Waals surface area contributed by atoms with Crippen LogP contribution in [0.3, 0.4) is 0 Å². The fourth-order valence-corrected chi connectivity index (χ4v) is 4.66. The van der Waals surface area contributed by atoms with Crippen LogP contribution in [0.1, 0.15) is 48.9 Å². The molecule has 0 spiro atoms. The lowest BCUT2D eigenvalue weighted by Crippen LogP contribution is -2.48. The van der Waals surface area contributed by atoms with Gasteiger partial charge in [0.15, 0.2) is 12.2 Å². The number of halogens is 3. The number of ether oxygens (including phenoxy) is 1. The van der Waals surface area contributed by atoms with E-state index in [1.807, 2.05) is 0 Å². The van der Waals surface area contributed by atoms with Crippen LogP contribution in [0.5, 0.6) is 5.75 Å². The fourth-order valence-electron chi connectivity index (χ4n) is 4.66. The Morgan fingerprint density at radius 3 is 2.36 bits per heavy atom. The van der Waals surface area contributed by atoms with E-state index >= 15 is 0 Å². The number of anilines is 1. The monoisotopic (exact) mass is 544 g/mol. The molecule has 208 valence electrons. The lowest BCUT2D eigenvalue weighted by Gasteiger charge is -2.26. The minimum absolute atomic E-state index is 0.266. The van der Waals surface area contributed by atoms with Crippen molar-refractivity contribution in [1.82, 2.24) is 15.6 Å². The Morgan fingerprint density at radius 2 is 1.72 bits per heavy atom. The summed E-state index contributed by atoms with van der Waals surface area (Å²) in [5.74, 6) is 0.0300. The number of benzene rings is 2. The molecule has 0 saturated heterocycles. The summed E-state index contributed by atoms with van der Waals surface area (Å²) in [7, 11) is 0. The van der Waals surface area contributed by atoms with Crippen molar-refractivity contribution in [2.24, 2.45) is 5.92 Å². The molecule has 3 N–H and O–H groups in total. The van der Waals surface area contributed by atoms with Gasteiger partial charge in [-0.25, -0.2) is 4.98 Å². The van der Waals surface area contributed by atoms with Gasteiger partial charge in [-0.2, -0.15) is 0 Å². The van der Waals surface area contributed by atoms with Gasteiger partial charge in [0.2, 0.25) is 5.91 Å². The summed E-state index contributed by atoms with van der Waals surface area (Å²) in [6, 6.07) is 11.5. The zero-order valence-corrected chi connectivity index (χ0v) is 21.3. The molecule has 1 heterocycles. The van der Waals surface area contributed by atoms with E-state index in [-0.39, 0.29) is 24.1 Å². The molecule has 1 aliphatic carbocycles. The van der Waals surface area contributed by atoms with E-state index in [0.717, 1.165) is 31.2 Å². The minimum Gasteiger partial charge on any atom is -0.444 e. The lowest BCUT2D eigenvalue weighted by atomic mass is 9.84. The van der Waals surface area contributed by atoms with Crippen LogP contribution in [0.15, 0.2) is 65.5 Å². The van der Waals surface area contributed by atoms with Crippen molar-refractivity contribution >= 4 is 17.5 Å². The number of hydrogen-bond acceptors (Lipinski definition) is 6. The normalized spacial score (nSPS) is 14.8. The third-order valence-corrected chi connectivity index (χ3v) is 6.62. The summed E-state index contributed by atoms with van der Waals surface area (Å²) < 4.78 is 46.1. The highest BCUT2D eigenvalue weighted by molar-refractivity contribution is 5.97. The molecule has 0 bridgehead atoms. The Kier molecular flexibility index (Phi) is 9.45. The van der Waals surface area contributed by atoms with E-state index in [1.165, 1.54) is 37.1 Å². The molecular formula is C28H31F3N4O4. The molecule has 11 heteroatoms. The number of amides is 2. The molecule has 2 aromatic carbocycles. The molecule has 1 unspecified atom stereocenters. The van der Waals surface area contributed by atoms with Gasteiger partial charge in [0.1, 0.15) is 11.8 Å². The van der Waals surface area contributed by atoms with Crippen LogP contribution in [0.25, 0.3) is 11.3 Å². The van der Waals surface area contributed by atoms with E-state index in [2.05, 4.69) is 25.7 Å². The first kappa shape index (κ1) is 28.0. The highest BCUT2D eigenvalue weighted by atomic mass is 19.4. The Bertz CT molecular complexity index is 1190. The Labute approximate surface area is 224 Å². The highest BCUT2D eigenvalue weighted by Crippen LogP contribution is 2.28. The maximum Gasteiger partial charge on any atom is 0.573 e.